The number of halogens is 1. The molecule has 1 aliphatic rings. The largest absolute Gasteiger partial charge is 0.452 e. The average Bonchev–Trinajstić information content (AvgIpc) is 2.90. The Morgan fingerprint density at radius 1 is 1.41 bits per heavy atom. The van der Waals surface area contributed by atoms with Crippen LogP contribution in [0.15, 0.2) is 18.2 Å². The molecule has 2 aromatic rings. The summed E-state index contributed by atoms with van der Waals surface area (Å²) in [5.41, 5.74) is 1.85. The molecule has 3 rings (SSSR count). The minimum Gasteiger partial charge on any atom is -0.452 e. The molecular weight excluding hydrogens is 376 g/mol. The number of hydrogen-bond donors (Lipinski definition) is 0. The Morgan fingerprint density at radius 2 is 2.15 bits per heavy atom. The van der Waals surface area contributed by atoms with Gasteiger partial charge in [0.25, 0.3) is 11.6 Å². The number of nitro benzene ring substituents is 1. The molecule has 0 fully saturated rings. The Bertz CT molecular complexity index is 940. The number of aromatic nitrogens is 2. The minimum absolute atomic E-state index is 0.0174. The third-order valence-corrected chi connectivity index (χ3v) is 4.81. The molecule has 0 bridgehead atoms. The van der Waals surface area contributed by atoms with Gasteiger partial charge < -0.3 is 9.64 Å². The molecule has 0 atom stereocenters. The van der Waals surface area contributed by atoms with Crippen molar-refractivity contribution in [1.29, 1.82) is 0 Å². The smallest absolute Gasteiger partial charge is 0.343 e. The summed E-state index contributed by atoms with van der Waals surface area (Å²) in [4.78, 5) is 36.7. The fourth-order valence-corrected chi connectivity index (χ4v) is 3.35. The van der Waals surface area contributed by atoms with Crippen molar-refractivity contribution in [1.82, 2.24) is 9.78 Å². The number of hydrogen-bond acceptors (Lipinski definition) is 6. The minimum atomic E-state index is -0.722. The molecule has 0 saturated heterocycles. The number of anilines is 1. The molecule has 0 aliphatic carbocycles. The Balaban J connectivity index is 1.72. The lowest BCUT2D eigenvalue weighted by molar-refractivity contribution is -0.384. The number of ether oxygens (including phenoxy) is 1. The standard InChI is InChI=1S/C17H17ClN4O5/c1-10-15(16(18)20(2)19-10)17(24)27-9-14(23)21-7-3-4-11-8-12(22(25)26)5-6-13(11)21/h5-6,8H,3-4,7,9H2,1-2H3. The van der Waals surface area contributed by atoms with Crippen molar-refractivity contribution < 1.29 is 19.2 Å². The Kier molecular flexibility index (Phi) is 5.13. The van der Waals surface area contributed by atoms with E-state index in [0.717, 1.165) is 5.56 Å². The van der Waals surface area contributed by atoms with E-state index in [2.05, 4.69) is 5.10 Å². The van der Waals surface area contributed by atoms with Gasteiger partial charge in [0.15, 0.2) is 6.61 Å². The number of rotatable bonds is 4. The molecule has 1 amide bonds. The van der Waals surface area contributed by atoms with E-state index in [4.69, 9.17) is 16.3 Å². The van der Waals surface area contributed by atoms with E-state index in [1.54, 1.807) is 20.0 Å². The Labute approximate surface area is 159 Å². The van der Waals surface area contributed by atoms with Gasteiger partial charge >= 0.3 is 5.97 Å². The van der Waals surface area contributed by atoms with Crippen molar-refractivity contribution in [3.63, 3.8) is 0 Å². The molecular formula is C17H17ClN4O5. The molecule has 0 unspecified atom stereocenters. The summed E-state index contributed by atoms with van der Waals surface area (Å²) < 4.78 is 6.47. The summed E-state index contributed by atoms with van der Waals surface area (Å²) in [6.07, 6.45) is 1.31. The molecule has 1 aromatic carbocycles. The zero-order valence-electron chi connectivity index (χ0n) is 14.8. The van der Waals surface area contributed by atoms with Crippen molar-refractivity contribution in [3.05, 3.63) is 50.3 Å². The van der Waals surface area contributed by atoms with Crippen LogP contribution < -0.4 is 4.90 Å². The molecule has 0 spiro atoms. The van der Waals surface area contributed by atoms with Crippen LogP contribution in [-0.2, 0) is 23.0 Å². The van der Waals surface area contributed by atoms with Crippen molar-refractivity contribution in [2.45, 2.75) is 19.8 Å². The van der Waals surface area contributed by atoms with Gasteiger partial charge in [-0.3, -0.25) is 19.6 Å². The van der Waals surface area contributed by atoms with Crippen LogP contribution in [0.5, 0.6) is 0 Å². The summed E-state index contributed by atoms with van der Waals surface area (Å²) in [6, 6.07) is 4.38. The van der Waals surface area contributed by atoms with Crippen LogP contribution in [0.4, 0.5) is 11.4 Å². The fourth-order valence-electron chi connectivity index (χ4n) is 3.10. The predicted molar refractivity (Wildman–Crippen MR) is 97.0 cm³/mol. The van der Waals surface area contributed by atoms with Gasteiger partial charge in [-0.05, 0) is 31.4 Å². The molecule has 9 nitrogen and oxygen atoms in total. The normalized spacial score (nSPS) is 13.2. The monoisotopic (exact) mass is 392 g/mol. The molecule has 0 N–H and O–H groups in total. The van der Waals surface area contributed by atoms with E-state index in [1.165, 1.54) is 21.7 Å². The first-order valence-corrected chi connectivity index (χ1v) is 8.61. The number of carbonyl (C=O) groups excluding carboxylic acids is 2. The quantitative estimate of drug-likeness (QED) is 0.449. The maximum absolute atomic E-state index is 12.6. The molecule has 1 aromatic heterocycles. The molecule has 10 heteroatoms. The van der Waals surface area contributed by atoms with Crippen LogP contribution in [0.2, 0.25) is 5.15 Å². The number of carbonyl (C=O) groups is 2. The highest BCUT2D eigenvalue weighted by Crippen LogP contribution is 2.30. The summed E-state index contributed by atoms with van der Waals surface area (Å²) in [6.45, 7) is 1.62. The number of aryl methyl sites for hydroxylation is 3. The lowest BCUT2D eigenvalue weighted by Gasteiger charge is -2.29. The molecule has 0 radical (unpaired) electrons. The Morgan fingerprint density at radius 3 is 2.78 bits per heavy atom. The van der Waals surface area contributed by atoms with Crippen LogP contribution in [-0.4, -0.2) is 39.7 Å². The molecule has 142 valence electrons. The van der Waals surface area contributed by atoms with Crippen molar-refractivity contribution in [2.75, 3.05) is 18.1 Å². The van der Waals surface area contributed by atoms with E-state index < -0.39 is 23.4 Å². The maximum Gasteiger partial charge on any atom is 0.343 e. The number of non-ortho nitro benzene ring substituents is 1. The van der Waals surface area contributed by atoms with E-state index in [0.29, 0.717) is 30.8 Å². The Hall–Kier alpha value is -2.94. The zero-order valence-corrected chi connectivity index (χ0v) is 15.5. The van der Waals surface area contributed by atoms with Gasteiger partial charge in [-0.25, -0.2) is 4.79 Å². The second kappa shape index (κ2) is 7.36. The SMILES string of the molecule is Cc1nn(C)c(Cl)c1C(=O)OCC(=O)N1CCCc2cc([N+](=O)[O-])ccc21. The lowest BCUT2D eigenvalue weighted by atomic mass is 10.0. The van der Waals surface area contributed by atoms with Crippen molar-refractivity contribution >= 4 is 34.9 Å². The highest BCUT2D eigenvalue weighted by molar-refractivity contribution is 6.32. The number of nitrogens with zero attached hydrogens (tertiary/aromatic N) is 4. The van der Waals surface area contributed by atoms with E-state index >= 15 is 0 Å². The molecule has 2 heterocycles. The van der Waals surface area contributed by atoms with E-state index in [9.17, 15) is 19.7 Å². The third kappa shape index (κ3) is 3.63. The van der Waals surface area contributed by atoms with Crippen LogP contribution in [0.25, 0.3) is 0 Å². The lowest BCUT2D eigenvalue weighted by Crippen LogP contribution is -2.38. The van der Waals surface area contributed by atoms with E-state index in [-0.39, 0.29) is 16.4 Å². The molecule has 1 aliphatic heterocycles. The van der Waals surface area contributed by atoms with E-state index in [1.807, 2.05) is 0 Å². The topological polar surface area (TPSA) is 108 Å². The van der Waals surface area contributed by atoms with Crippen molar-refractivity contribution in [3.8, 4) is 0 Å². The first kappa shape index (κ1) is 18.8. The molecule has 0 saturated carbocycles. The van der Waals surface area contributed by atoms with Gasteiger partial charge in [0, 0.05) is 31.4 Å². The fraction of sp³-hybridized carbons (Fsp3) is 0.353. The van der Waals surface area contributed by atoms with Crippen LogP contribution >= 0.6 is 11.6 Å². The van der Waals surface area contributed by atoms with Gasteiger partial charge in [0.1, 0.15) is 10.7 Å². The van der Waals surface area contributed by atoms with Gasteiger partial charge in [-0.1, -0.05) is 11.6 Å². The first-order valence-electron chi connectivity index (χ1n) is 8.23. The highest BCUT2D eigenvalue weighted by atomic mass is 35.5. The van der Waals surface area contributed by atoms with Gasteiger partial charge in [0.05, 0.1) is 10.6 Å². The van der Waals surface area contributed by atoms with Gasteiger partial charge in [-0.15, -0.1) is 0 Å². The summed E-state index contributed by atoms with van der Waals surface area (Å²) in [5.74, 6) is -1.13. The average molecular weight is 393 g/mol. The summed E-state index contributed by atoms with van der Waals surface area (Å²) in [7, 11) is 1.60. The summed E-state index contributed by atoms with van der Waals surface area (Å²) >= 11 is 6.03. The van der Waals surface area contributed by atoms with Crippen LogP contribution in [0.1, 0.15) is 28.0 Å². The molecule has 27 heavy (non-hydrogen) atoms. The predicted octanol–water partition coefficient (Wildman–Crippen LogP) is 2.43. The maximum atomic E-state index is 12.6. The second-order valence-corrected chi connectivity index (χ2v) is 6.53. The highest BCUT2D eigenvalue weighted by Gasteiger charge is 2.26. The number of nitro groups is 1. The van der Waals surface area contributed by atoms with Gasteiger partial charge in [0.2, 0.25) is 0 Å². The summed E-state index contributed by atoms with van der Waals surface area (Å²) in [5, 5.41) is 15.1. The van der Waals surface area contributed by atoms with Crippen LogP contribution in [0.3, 0.4) is 0 Å². The van der Waals surface area contributed by atoms with Crippen molar-refractivity contribution in [2.24, 2.45) is 7.05 Å². The van der Waals surface area contributed by atoms with Gasteiger partial charge in [-0.2, -0.15) is 5.10 Å². The zero-order chi connectivity index (χ0) is 19.7. The third-order valence-electron chi connectivity index (χ3n) is 4.38. The number of fused-ring (bicyclic) bond motifs is 1. The number of benzene rings is 1. The first-order chi connectivity index (χ1) is 12.8. The number of esters is 1. The van der Waals surface area contributed by atoms with Crippen LogP contribution in [0, 0.1) is 17.0 Å². The number of amides is 1. The second-order valence-electron chi connectivity index (χ2n) is 6.17.